The topological polar surface area (TPSA) is 219 Å². The number of aliphatic hydroxyl groups is 2. The van der Waals surface area contributed by atoms with E-state index in [0.717, 1.165) is 6.42 Å². The van der Waals surface area contributed by atoms with E-state index in [1.54, 1.807) is 49.2 Å². The van der Waals surface area contributed by atoms with Gasteiger partial charge in [0.2, 0.25) is 0 Å². The number of aliphatic hydroxyl groups excluding tert-OH is 1. The monoisotopic (exact) mass is 991 g/mol. The van der Waals surface area contributed by atoms with E-state index >= 15 is 0 Å². The summed E-state index contributed by atoms with van der Waals surface area (Å²) in [7, 11) is 9.06. The molecule has 1 aliphatic carbocycles. The first kappa shape index (κ1) is 59.9. The van der Waals surface area contributed by atoms with Crippen molar-refractivity contribution in [3.05, 3.63) is 36.5 Å². The fourth-order valence-electron chi connectivity index (χ4n) is 10.4. The summed E-state index contributed by atoms with van der Waals surface area (Å²) in [5, 5.41) is 29.1. The highest BCUT2D eigenvalue weighted by molar-refractivity contribution is 7.84. The first-order valence-corrected chi connectivity index (χ1v) is 25.6. The highest BCUT2D eigenvalue weighted by Crippen LogP contribution is 2.43. The van der Waals surface area contributed by atoms with Gasteiger partial charge in [-0.3, -0.25) is 4.79 Å². The lowest BCUT2D eigenvalue weighted by Crippen LogP contribution is -2.64. The van der Waals surface area contributed by atoms with E-state index < -0.39 is 118 Å². The zero-order valence-electron chi connectivity index (χ0n) is 43.9. The lowest BCUT2D eigenvalue weighted by Gasteiger charge is -2.51. The third-order valence-corrected chi connectivity index (χ3v) is 14.3. The van der Waals surface area contributed by atoms with Gasteiger partial charge in [-0.15, -0.1) is 0 Å². The summed E-state index contributed by atoms with van der Waals surface area (Å²) in [6.07, 6.45) is 5.55. The molecule has 4 rings (SSSR count). The molecule has 0 aromatic carbocycles. The van der Waals surface area contributed by atoms with Crippen LogP contribution < -0.4 is 0 Å². The molecule has 0 aromatic heterocycles. The summed E-state index contributed by atoms with van der Waals surface area (Å²) >= 11 is 0. The molecule has 0 aromatic rings. The van der Waals surface area contributed by atoms with Crippen LogP contribution in [0.2, 0.25) is 0 Å². The number of methoxy groups -OCH3 is 4. The van der Waals surface area contributed by atoms with Crippen molar-refractivity contribution < 1.29 is 79.9 Å². The summed E-state index contributed by atoms with van der Waals surface area (Å²) in [5.74, 6) is -3.38. The minimum Gasteiger partial charge on any atom is -0.748 e. The first-order valence-electron chi connectivity index (χ1n) is 23.8. The minimum absolute atomic E-state index is 0.0168. The molecular formula is C49H86N2O16S. The second-order valence-electron chi connectivity index (χ2n) is 20.7. The summed E-state index contributed by atoms with van der Waals surface area (Å²) < 4.78 is 86.3. The Morgan fingerprint density at radius 1 is 0.838 bits per heavy atom. The fraction of sp³-hybridized carbons (Fsp3) is 0.837. The summed E-state index contributed by atoms with van der Waals surface area (Å²) in [5.41, 5.74) is -3.35. The van der Waals surface area contributed by atoms with Crippen LogP contribution in [-0.4, -0.2) is 186 Å². The SMILES string of the molecule is CC[C@H]1OC(=O)[C@H](C)[C@@H](O[C@H]2C[C@@](C)(OC)[C@@H](OC)[C@H](C)O2)[C@H](C)[C@@H](O[C@@H]2O[C@H](C)C[C@H]([N+](C)(C)C)[C@H]2OC)[C@@](C)(OC)C[C@H](C)/C(=N\OC2C=CC=CC=C2)[C@H](C)[C@@H](O)[C@]1(C)O.CS(=O)(=O)[O-]. The van der Waals surface area contributed by atoms with Gasteiger partial charge in [0.15, 0.2) is 24.8 Å². The lowest BCUT2D eigenvalue weighted by molar-refractivity contribution is -0.903. The molecule has 3 saturated heterocycles. The Morgan fingerprint density at radius 2 is 1.40 bits per heavy atom. The number of quaternary nitrogens is 1. The Balaban J connectivity index is 0.00000232. The van der Waals surface area contributed by atoms with Crippen molar-refractivity contribution in [2.45, 2.75) is 185 Å². The molecule has 3 aliphatic heterocycles. The molecule has 0 unspecified atom stereocenters. The van der Waals surface area contributed by atoms with Gasteiger partial charge in [-0.25, -0.2) is 8.42 Å². The summed E-state index contributed by atoms with van der Waals surface area (Å²) in [6, 6.07) is 0.0168. The molecule has 0 radical (unpaired) electrons. The minimum atomic E-state index is -3.92. The number of oxime groups is 1. The van der Waals surface area contributed by atoms with Crippen LogP contribution in [0.4, 0.5) is 0 Å². The molecule has 18 atom stereocenters. The molecule has 19 heteroatoms. The van der Waals surface area contributed by atoms with Gasteiger partial charge in [-0.2, -0.15) is 0 Å². The van der Waals surface area contributed by atoms with Crippen molar-refractivity contribution in [3.8, 4) is 0 Å². The summed E-state index contributed by atoms with van der Waals surface area (Å²) in [4.78, 5) is 20.8. The van der Waals surface area contributed by atoms with Crippen LogP contribution in [0.5, 0.6) is 0 Å². The van der Waals surface area contributed by atoms with Crippen LogP contribution in [0, 0.1) is 23.7 Å². The Labute approximate surface area is 407 Å². The highest BCUT2D eigenvalue weighted by atomic mass is 32.2. The van der Waals surface area contributed by atoms with Crippen LogP contribution in [-0.2, 0) is 62.4 Å². The van der Waals surface area contributed by atoms with Gasteiger partial charge < -0.3 is 66.7 Å². The van der Waals surface area contributed by atoms with E-state index in [1.807, 2.05) is 78.0 Å². The number of carbonyl (C=O) groups excluding carboxylic acids is 1. The van der Waals surface area contributed by atoms with Gasteiger partial charge in [0.25, 0.3) is 0 Å². The van der Waals surface area contributed by atoms with Gasteiger partial charge in [-0.1, -0.05) is 57.2 Å². The van der Waals surface area contributed by atoms with E-state index in [9.17, 15) is 15.0 Å². The summed E-state index contributed by atoms with van der Waals surface area (Å²) in [6.45, 7) is 18.7. The fourth-order valence-corrected chi connectivity index (χ4v) is 10.4. The number of likely N-dealkylation sites (N-methyl/N-ethyl adjacent to an activating group) is 1. The predicted octanol–water partition coefficient (Wildman–Crippen LogP) is 4.91. The lowest BCUT2D eigenvalue weighted by atomic mass is 9.73. The van der Waals surface area contributed by atoms with Crippen LogP contribution >= 0.6 is 0 Å². The molecule has 3 fully saturated rings. The van der Waals surface area contributed by atoms with Crippen LogP contribution in [0.1, 0.15) is 94.9 Å². The smallest absolute Gasteiger partial charge is 0.311 e. The van der Waals surface area contributed by atoms with Crippen molar-refractivity contribution in [3.63, 3.8) is 0 Å². The van der Waals surface area contributed by atoms with E-state index in [-0.39, 0.29) is 18.6 Å². The van der Waals surface area contributed by atoms with Gasteiger partial charge in [0, 0.05) is 65.3 Å². The van der Waals surface area contributed by atoms with Crippen LogP contribution in [0.15, 0.2) is 41.6 Å². The van der Waals surface area contributed by atoms with Crippen molar-refractivity contribution in [2.75, 3.05) is 55.8 Å². The van der Waals surface area contributed by atoms with Crippen LogP contribution in [0.3, 0.4) is 0 Å². The zero-order valence-corrected chi connectivity index (χ0v) is 44.8. The van der Waals surface area contributed by atoms with Gasteiger partial charge in [-0.05, 0) is 66.5 Å². The maximum absolute atomic E-state index is 14.7. The van der Waals surface area contributed by atoms with Crippen molar-refractivity contribution >= 4 is 21.8 Å². The maximum atomic E-state index is 14.7. The zero-order chi connectivity index (χ0) is 51.7. The highest BCUT2D eigenvalue weighted by Gasteiger charge is 2.55. The standard InChI is InChI=1S/C48H83N2O13.CH4O3S/c1-18-36-48(10,53)41(51)30(4)38(49-63-34-23-21-19-20-22-24-34)28(2)26-46(8,56-16)42(62-45-40(54-14)35(50(11,12)13)25-29(3)58-45)31(5)39(32(6)44(52)60-36)61-37-27-47(9,57-17)43(55-15)33(7)59-37;1-5(2,3)4/h19-24,28-37,39-43,45,51,53H,18,25-27H2,1-17H3;1H3,(H,2,3,4)/q+1;/p-1/b49-38+;/t28-,29+,30-,31-,32+,33-,35-,36+,37-,39-,40+,41+,42+,43-,45-,46-,47+,48+;/m0./s1. The van der Waals surface area contributed by atoms with Crippen LogP contribution in [0.25, 0.3) is 0 Å². The molecule has 4 aliphatic rings. The number of hydrogen-bond acceptors (Lipinski definition) is 17. The number of rotatable bonds is 12. The molecule has 0 spiro atoms. The van der Waals surface area contributed by atoms with E-state index in [0.29, 0.717) is 29.3 Å². The first-order chi connectivity index (χ1) is 31.4. The molecule has 2 N–H and O–H groups in total. The van der Waals surface area contributed by atoms with E-state index in [4.69, 9.17) is 65.6 Å². The van der Waals surface area contributed by atoms with Crippen molar-refractivity contribution in [2.24, 2.45) is 28.8 Å². The molecular weight excluding hydrogens is 905 g/mol. The molecule has 0 saturated carbocycles. The molecule has 3 heterocycles. The number of esters is 1. The Hall–Kier alpha value is -2.37. The second-order valence-corrected chi connectivity index (χ2v) is 22.2. The van der Waals surface area contributed by atoms with Crippen molar-refractivity contribution in [1.29, 1.82) is 0 Å². The maximum Gasteiger partial charge on any atom is 0.311 e. The third kappa shape index (κ3) is 15.3. The number of allylic oxidation sites excluding steroid dienone is 4. The molecule has 18 nitrogen and oxygen atoms in total. The molecule has 394 valence electrons. The second kappa shape index (κ2) is 24.8. The normalized spacial score (nSPS) is 42.1. The quantitative estimate of drug-likeness (QED) is 0.115. The number of carbonyl (C=O) groups is 1. The Kier molecular flexibility index (Phi) is 21.9. The largest absolute Gasteiger partial charge is 0.748 e. The van der Waals surface area contributed by atoms with E-state index in [2.05, 4.69) is 21.1 Å². The Morgan fingerprint density at radius 3 is 1.90 bits per heavy atom. The van der Waals surface area contributed by atoms with Gasteiger partial charge in [0.05, 0.1) is 84.6 Å². The van der Waals surface area contributed by atoms with Gasteiger partial charge >= 0.3 is 5.97 Å². The molecule has 68 heavy (non-hydrogen) atoms. The van der Waals surface area contributed by atoms with Crippen molar-refractivity contribution in [1.82, 2.24) is 0 Å². The number of cyclic esters (lactones) is 1. The molecule has 0 amide bonds. The Bertz CT molecular complexity index is 1810. The number of hydrogen-bond donors (Lipinski definition) is 2. The number of ether oxygens (including phenoxy) is 9. The average Bonchev–Trinajstić information content (AvgIpc) is 3.53. The molecule has 0 bridgehead atoms. The van der Waals surface area contributed by atoms with E-state index in [1.165, 1.54) is 6.92 Å². The number of nitrogens with zero attached hydrogens (tertiary/aromatic N) is 2. The third-order valence-electron chi connectivity index (χ3n) is 14.3. The van der Waals surface area contributed by atoms with Gasteiger partial charge in [0.1, 0.15) is 23.9 Å². The average molecular weight is 991 g/mol. The predicted molar refractivity (Wildman–Crippen MR) is 255 cm³/mol.